The van der Waals surface area contributed by atoms with Crippen molar-refractivity contribution < 1.29 is 19.4 Å². The second kappa shape index (κ2) is 9.46. The Hall–Kier alpha value is -2.64. The van der Waals surface area contributed by atoms with Gasteiger partial charge in [-0.1, -0.05) is 34.1 Å². The van der Waals surface area contributed by atoms with Crippen molar-refractivity contribution in [2.75, 3.05) is 0 Å². The summed E-state index contributed by atoms with van der Waals surface area (Å²) in [5.74, 6) is -0.166. The van der Waals surface area contributed by atoms with Gasteiger partial charge in [0.05, 0.1) is 21.3 Å². The van der Waals surface area contributed by atoms with E-state index < -0.39 is 26.4 Å². The van der Waals surface area contributed by atoms with Crippen LogP contribution in [-0.2, 0) is 21.4 Å². The standard InChI is InChI=1S/C24H34N2O6/c1-7-8-9-18-12-20(25(29)30)13-21(26(31)32)22(18)24(17(5)28)14-19(15(2)3)10-11-23(24,6)16(4)27/h12-13,15,19H,7-11,14H2,1-6H3. The van der Waals surface area contributed by atoms with Crippen molar-refractivity contribution in [1.29, 1.82) is 0 Å². The lowest BCUT2D eigenvalue weighted by atomic mass is 9.47. The second-order valence-corrected chi connectivity index (χ2v) is 9.71. The number of benzene rings is 1. The molecule has 2 rings (SSSR count). The lowest BCUT2D eigenvalue weighted by Gasteiger charge is -2.52. The van der Waals surface area contributed by atoms with E-state index in [1.54, 1.807) is 6.92 Å². The molecule has 0 bridgehead atoms. The third-order valence-electron chi connectivity index (χ3n) is 7.66. The zero-order valence-electron chi connectivity index (χ0n) is 19.9. The molecule has 1 saturated carbocycles. The Morgan fingerprint density at radius 2 is 1.75 bits per heavy atom. The van der Waals surface area contributed by atoms with Crippen molar-refractivity contribution in [3.8, 4) is 0 Å². The van der Waals surface area contributed by atoms with Crippen molar-refractivity contribution in [3.63, 3.8) is 0 Å². The molecule has 0 N–H and O–H groups in total. The maximum atomic E-state index is 13.5. The fraction of sp³-hybridized carbons (Fsp3) is 0.667. The van der Waals surface area contributed by atoms with E-state index in [0.29, 0.717) is 31.2 Å². The quantitative estimate of drug-likeness (QED) is 0.353. The van der Waals surface area contributed by atoms with E-state index in [1.807, 2.05) is 20.8 Å². The molecule has 0 amide bonds. The summed E-state index contributed by atoms with van der Waals surface area (Å²) in [5, 5.41) is 23.8. The first-order chi connectivity index (χ1) is 14.8. The maximum absolute atomic E-state index is 13.5. The molecule has 0 radical (unpaired) electrons. The van der Waals surface area contributed by atoms with Crippen molar-refractivity contribution in [2.24, 2.45) is 17.3 Å². The zero-order valence-corrected chi connectivity index (χ0v) is 19.9. The molecule has 0 heterocycles. The smallest absolute Gasteiger partial charge is 0.280 e. The summed E-state index contributed by atoms with van der Waals surface area (Å²) in [6.07, 6.45) is 3.29. The van der Waals surface area contributed by atoms with Gasteiger partial charge >= 0.3 is 0 Å². The SMILES string of the molecule is CCCCc1cc([N+](=O)[O-])cc([N+](=O)[O-])c1C1(C(C)=O)CC(C(C)C)CCC1(C)C(C)=O. The van der Waals surface area contributed by atoms with E-state index in [4.69, 9.17) is 0 Å². The van der Waals surface area contributed by atoms with Gasteiger partial charge in [0, 0.05) is 17.0 Å². The van der Waals surface area contributed by atoms with Gasteiger partial charge in [0.15, 0.2) is 0 Å². The van der Waals surface area contributed by atoms with Crippen LogP contribution in [-0.4, -0.2) is 21.4 Å². The molecule has 0 spiro atoms. The number of nitrogens with zero attached hydrogens (tertiary/aromatic N) is 2. The van der Waals surface area contributed by atoms with Gasteiger partial charge in [-0.2, -0.15) is 0 Å². The van der Waals surface area contributed by atoms with Crippen LogP contribution in [0.25, 0.3) is 0 Å². The number of aryl methyl sites for hydroxylation is 1. The van der Waals surface area contributed by atoms with E-state index in [2.05, 4.69) is 0 Å². The highest BCUT2D eigenvalue weighted by molar-refractivity contribution is 5.99. The topological polar surface area (TPSA) is 120 Å². The number of hydrogen-bond donors (Lipinski definition) is 0. The molecule has 8 heteroatoms. The van der Waals surface area contributed by atoms with Crippen molar-refractivity contribution in [1.82, 2.24) is 0 Å². The van der Waals surface area contributed by atoms with Crippen LogP contribution in [0.1, 0.15) is 84.8 Å². The fourth-order valence-electron chi connectivity index (χ4n) is 5.52. The Morgan fingerprint density at radius 1 is 1.12 bits per heavy atom. The molecule has 0 saturated heterocycles. The Kier molecular flexibility index (Phi) is 7.58. The first-order valence-electron chi connectivity index (χ1n) is 11.3. The average Bonchev–Trinajstić information content (AvgIpc) is 2.71. The molecular weight excluding hydrogens is 412 g/mol. The first kappa shape index (κ1) is 25.6. The number of unbranched alkanes of at least 4 members (excludes halogenated alkanes) is 1. The van der Waals surface area contributed by atoms with Crippen molar-refractivity contribution >= 4 is 22.9 Å². The van der Waals surface area contributed by atoms with Crippen LogP contribution in [0.2, 0.25) is 0 Å². The van der Waals surface area contributed by atoms with Gasteiger partial charge in [0.1, 0.15) is 11.6 Å². The van der Waals surface area contributed by atoms with E-state index in [9.17, 15) is 29.8 Å². The summed E-state index contributed by atoms with van der Waals surface area (Å²) in [5.41, 5.74) is -2.71. The van der Waals surface area contributed by atoms with Crippen LogP contribution >= 0.6 is 0 Å². The minimum atomic E-state index is -1.41. The summed E-state index contributed by atoms with van der Waals surface area (Å²) in [6, 6.07) is 2.32. The molecule has 3 atom stereocenters. The number of Topliss-reactive ketones (excluding diaryl/α,β-unsaturated/α-hetero) is 2. The fourth-order valence-corrected chi connectivity index (χ4v) is 5.52. The minimum Gasteiger partial charge on any atom is -0.299 e. The minimum absolute atomic E-state index is 0.0974. The number of nitro benzene ring substituents is 2. The van der Waals surface area contributed by atoms with Crippen LogP contribution in [0.5, 0.6) is 0 Å². The Balaban J connectivity index is 3.04. The van der Waals surface area contributed by atoms with Gasteiger partial charge in [0.25, 0.3) is 11.4 Å². The van der Waals surface area contributed by atoms with Gasteiger partial charge in [-0.25, -0.2) is 0 Å². The second-order valence-electron chi connectivity index (χ2n) is 9.71. The van der Waals surface area contributed by atoms with E-state index in [1.165, 1.54) is 19.9 Å². The lowest BCUT2D eigenvalue weighted by molar-refractivity contribution is -0.395. The summed E-state index contributed by atoms with van der Waals surface area (Å²) in [7, 11) is 0. The molecule has 3 unspecified atom stereocenters. The number of hydrogen-bond acceptors (Lipinski definition) is 6. The highest BCUT2D eigenvalue weighted by atomic mass is 16.6. The zero-order chi connectivity index (χ0) is 24.4. The summed E-state index contributed by atoms with van der Waals surface area (Å²) in [6.45, 7) is 10.6. The van der Waals surface area contributed by atoms with Crippen LogP contribution in [0.4, 0.5) is 11.4 Å². The third-order valence-corrected chi connectivity index (χ3v) is 7.66. The molecule has 1 aromatic rings. The number of nitro groups is 2. The molecule has 176 valence electrons. The van der Waals surface area contributed by atoms with Gasteiger partial charge < -0.3 is 0 Å². The van der Waals surface area contributed by atoms with Crippen LogP contribution < -0.4 is 0 Å². The normalized spacial score (nSPS) is 25.5. The van der Waals surface area contributed by atoms with Crippen molar-refractivity contribution in [3.05, 3.63) is 43.5 Å². The van der Waals surface area contributed by atoms with Gasteiger partial charge in [-0.3, -0.25) is 29.8 Å². The molecular formula is C24H34N2O6. The Bertz CT molecular complexity index is 941. The number of rotatable bonds is 9. The molecule has 32 heavy (non-hydrogen) atoms. The summed E-state index contributed by atoms with van der Waals surface area (Å²) >= 11 is 0. The molecule has 0 aliphatic heterocycles. The van der Waals surface area contributed by atoms with Gasteiger partial charge in [0.2, 0.25) is 0 Å². The van der Waals surface area contributed by atoms with E-state index in [-0.39, 0.29) is 34.7 Å². The highest BCUT2D eigenvalue weighted by Gasteiger charge is 2.61. The average molecular weight is 447 g/mol. The highest BCUT2D eigenvalue weighted by Crippen LogP contribution is 2.59. The molecule has 1 aliphatic rings. The molecule has 1 aliphatic carbocycles. The predicted molar refractivity (Wildman–Crippen MR) is 122 cm³/mol. The number of carbonyl (C=O) groups excluding carboxylic acids is 2. The van der Waals surface area contributed by atoms with Gasteiger partial charge in [-0.05, 0) is 63.4 Å². The number of ketones is 2. The van der Waals surface area contributed by atoms with Crippen molar-refractivity contribution in [2.45, 2.75) is 85.5 Å². The molecule has 1 aromatic carbocycles. The Labute approximate surface area is 189 Å². The predicted octanol–water partition coefficient (Wildman–Crippen LogP) is 5.72. The third kappa shape index (κ3) is 4.19. The lowest BCUT2D eigenvalue weighted by Crippen LogP contribution is -2.57. The number of non-ortho nitro benzene ring substituents is 1. The van der Waals surface area contributed by atoms with E-state index in [0.717, 1.165) is 18.9 Å². The largest absolute Gasteiger partial charge is 0.299 e. The van der Waals surface area contributed by atoms with Gasteiger partial charge in [-0.15, -0.1) is 0 Å². The molecule has 1 fully saturated rings. The Morgan fingerprint density at radius 3 is 2.19 bits per heavy atom. The first-order valence-corrected chi connectivity index (χ1v) is 11.3. The van der Waals surface area contributed by atoms with Crippen LogP contribution in [0.3, 0.4) is 0 Å². The summed E-state index contributed by atoms with van der Waals surface area (Å²) in [4.78, 5) is 49.0. The van der Waals surface area contributed by atoms with Crippen LogP contribution in [0.15, 0.2) is 12.1 Å². The monoisotopic (exact) mass is 446 g/mol. The maximum Gasteiger partial charge on any atom is 0.280 e. The van der Waals surface area contributed by atoms with E-state index >= 15 is 0 Å². The van der Waals surface area contributed by atoms with Crippen LogP contribution in [0, 0.1) is 37.5 Å². The summed E-state index contributed by atoms with van der Waals surface area (Å²) < 4.78 is 0. The number of carbonyl (C=O) groups is 2. The molecule has 8 nitrogen and oxygen atoms in total. The molecule has 0 aromatic heterocycles.